The highest BCUT2D eigenvalue weighted by atomic mass is 32.1. The van der Waals surface area contributed by atoms with Gasteiger partial charge >= 0.3 is 5.97 Å². The Balaban J connectivity index is 1.48. The fraction of sp³-hybridized carbons (Fsp3) is 0.179. The van der Waals surface area contributed by atoms with Gasteiger partial charge in [0, 0.05) is 18.3 Å². The first-order chi connectivity index (χ1) is 17.6. The Labute approximate surface area is 214 Å². The molecule has 1 N–H and O–H groups in total. The number of rotatable bonds is 7. The van der Waals surface area contributed by atoms with E-state index in [4.69, 9.17) is 26.1 Å². The van der Waals surface area contributed by atoms with Crippen molar-refractivity contribution in [3.8, 4) is 17.1 Å². The fourth-order valence-corrected chi connectivity index (χ4v) is 4.67. The Morgan fingerprint density at radius 1 is 1.03 bits per heavy atom. The maximum atomic E-state index is 11.8. The van der Waals surface area contributed by atoms with E-state index >= 15 is 0 Å². The lowest BCUT2D eigenvalue weighted by Gasteiger charge is -2.26. The second kappa shape index (κ2) is 10.2. The minimum atomic E-state index is -0.375. The van der Waals surface area contributed by atoms with Crippen LogP contribution in [0, 0.1) is 0 Å². The van der Waals surface area contributed by atoms with Crippen molar-refractivity contribution in [2.75, 3.05) is 14.2 Å². The molecule has 0 aliphatic carbocycles. The number of carbonyl (C=O) groups excluding carboxylic acids is 1. The lowest BCUT2D eigenvalue weighted by atomic mass is 10.0. The monoisotopic (exact) mass is 499 g/mol. The Morgan fingerprint density at radius 3 is 2.47 bits per heavy atom. The third kappa shape index (κ3) is 4.67. The molecule has 5 rings (SSSR count). The van der Waals surface area contributed by atoms with E-state index in [1.54, 1.807) is 25.4 Å². The number of furan rings is 1. The van der Waals surface area contributed by atoms with Crippen LogP contribution in [0.1, 0.15) is 39.5 Å². The second-order valence-corrected chi connectivity index (χ2v) is 8.76. The molecule has 8 heteroatoms. The van der Waals surface area contributed by atoms with Crippen LogP contribution in [0.25, 0.3) is 11.3 Å². The van der Waals surface area contributed by atoms with Crippen LogP contribution < -0.4 is 10.1 Å². The molecule has 2 aromatic heterocycles. The molecular formula is C28H25N3O4S. The maximum Gasteiger partial charge on any atom is 0.337 e. The Bertz CT molecular complexity index is 1350. The number of esters is 1. The quantitative estimate of drug-likeness (QED) is 0.271. The van der Waals surface area contributed by atoms with Gasteiger partial charge in [0.15, 0.2) is 5.11 Å². The number of benzene rings is 2. The van der Waals surface area contributed by atoms with E-state index in [0.717, 1.165) is 28.3 Å². The predicted molar refractivity (Wildman–Crippen MR) is 139 cm³/mol. The largest absolute Gasteiger partial charge is 0.497 e. The van der Waals surface area contributed by atoms with E-state index in [9.17, 15) is 4.79 Å². The molecule has 1 aliphatic heterocycles. The predicted octanol–water partition coefficient (Wildman–Crippen LogP) is 5.31. The summed E-state index contributed by atoms with van der Waals surface area (Å²) in [6.45, 7) is 0.591. The molecule has 36 heavy (non-hydrogen) atoms. The zero-order valence-electron chi connectivity index (χ0n) is 19.9. The van der Waals surface area contributed by atoms with Crippen molar-refractivity contribution >= 4 is 23.3 Å². The molecule has 0 radical (unpaired) electrons. The van der Waals surface area contributed by atoms with E-state index in [1.807, 2.05) is 66.7 Å². The minimum Gasteiger partial charge on any atom is -0.497 e. The first-order valence-electron chi connectivity index (χ1n) is 11.5. The van der Waals surface area contributed by atoms with E-state index < -0.39 is 0 Å². The average molecular weight is 500 g/mol. The molecule has 0 amide bonds. The molecule has 7 nitrogen and oxygen atoms in total. The number of methoxy groups -OCH3 is 2. The van der Waals surface area contributed by atoms with Gasteiger partial charge in [0.1, 0.15) is 23.3 Å². The van der Waals surface area contributed by atoms with E-state index in [0.29, 0.717) is 23.0 Å². The number of aromatic nitrogens is 1. The molecule has 0 spiro atoms. The molecule has 0 saturated carbocycles. The summed E-state index contributed by atoms with van der Waals surface area (Å²) in [6, 6.07) is 24.4. The summed E-state index contributed by atoms with van der Waals surface area (Å²) in [4.78, 5) is 18.5. The molecule has 182 valence electrons. The van der Waals surface area contributed by atoms with Crippen molar-refractivity contribution in [1.29, 1.82) is 0 Å². The molecule has 1 saturated heterocycles. The lowest BCUT2D eigenvalue weighted by molar-refractivity contribution is 0.0600. The molecule has 0 bridgehead atoms. The number of nitrogens with one attached hydrogen (secondary N) is 1. The molecule has 2 aromatic carbocycles. The van der Waals surface area contributed by atoms with Gasteiger partial charge in [-0.2, -0.15) is 0 Å². The van der Waals surface area contributed by atoms with Crippen LogP contribution in [0.3, 0.4) is 0 Å². The van der Waals surface area contributed by atoms with Gasteiger partial charge in [-0.25, -0.2) is 4.79 Å². The Kier molecular flexibility index (Phi) is 6.69. The number of ether oxygens (including phenoxy) is 2. The van der Waals surface area contributed by atoms with Crippen molar-refractivity contribution in [1.82, 2.24) is 15.2 Å². The maximum absolute atomic E-state index is 11.8. The van der Waals surface area contributed by atoms with Gasteiger partial charge in [0.25, 0.3) is 0 Å². The summed E-state index contributed by atoms with van der Waals surface area (Å²) in [5.41, 5.74) is 3.32. The fourth-order valence-electron chi connectivity index (χ4n) is 4.37. The third-order valence-corrected chi connectivity index (χ3v) is 6.57. The molecule has 1 fully saturated rings. The van der Waals surface area contributed by atoms with Crippen LogP contribution in [0.2, 0.25) is 0 Å². The van der Waals surface area contributed by atoms with Gasteiger partial charge in [-0.05, 0) is 66.3 Å². The smallest absolute Gasteiger partial charge is 0.337 e. The van der Waals surface area contributed by atoms with Crippen molar-refractivity contribution in [2.45, 2.75) is 18.6 Å². The number of pyridine rings is 1. The summed E-state index contributed by atoms with van der Waals surface area (Å²) in [7, 11) is 3.02. The topological polar surface area (TPSA) is 76.8 Å². The molecule has 4 aromatic rings. The molecule has 1 aliphatic rings. The summed E-state index contributed by atoms with van der Waals surface area (Å²) < 4.78 is 16.5. The minimum absolute atomic E-state index is 0.183. The molecule has 2 atom stereocenters. The highest BCUT2D eigenvalue weighted by Crippen LogP contribution is 2.41. The first kappa shape index (κ1) is 23.6. The normalized spacial score (nSPS) is 17.1. The molecular weight excluding hydrogens is 474 g/mol. The summed E-state index contributed by atoms with van der Waals surface area (Å²) in [6.07, 6.45) is 1.78. The van der Waals surface area contributed by atoms with Gasteiger partial charge in [-0.15, -0.1) is 0 Å². The lowest BCUT2D eigenvalue weighted by Crippen LogP contribution is -2.29. The highest BCUT2D eigenvalue weighted by Gasteiger charge is 2.41. The SMILES string of the molecule is COC(=O)c1ccc(-c2ccc([C@@H]3[C@H](c4ccccn4)NC(=S)N3Cc3ccc(OC)cc3)o2)cc1. The van der Waals surface area contributed by atoms with Crippen molar-refractivity contribution in [2.24, 2.45) is 0 Å². The zero-order chi connectivity index (χ0) is 25.1. The molecule has 3 heterocycles. The van der Waals surface area contributed by atoms with Crippen molar-refractivity contribution in [3.63, 3.8) is 0 Å². The number of hydrogen-bond acceptors (Lipinski definition) is 6. The van der Waals surface area contributed by atoms with Crippen LogP contribution in [0.15, 0.2) is 89.5 Å². The van der Waals surface area contributed by atoms with Gasteiger partial charge in [0.05, 0.1) is 31.5 Å². The summed E-state index contributed by atoms with van der Waals surface area (Å²) >= 11 is 5.77. The van der Waals surface area contributed by atoms with Crippen LogP contribution in [-0.4, -0.2) is 35.2 Å². The van der Waals surface area contributed by atoms with Crippen LogP contribution in [0.5, 0.6) is 5.75 Å². The average Bonchev–Trinajstić information content (AvgIpc) is 3.54. The van der Waals surface area contributed by atoms with Gasteiger partial charge < -0.3 is 24.1 Å². The Morgan fingerprint density at radius 2 is 1.81 bits per heavy atom. The van der Waals surface area contributed by atoms with E-state index in [-0.39, 0.29) is 18.1 Å². The van der Waals surface area contributed by atoms with E-state index in [1.165, 1.54) is 7.11 Å². The number of hydrogen-bond donors (Lipinski definition) is 1. The number of carbonyl (C=O) groups is 1. The van der Waals surface area contributed by atoms with Crippen LogP contribution in [-0.2, 0) is 11.3 Å². The standard InChI is InChI=1S/C28H25N3O4S/c1-33-21-12-6-18(7-13-21)17-31-26(25(30-28(31)36)22-5-3-4-16-29-22)24-15-14-23(35-24)19-8-10-20(11-9-19)27(32)34-2/h3-16,25-26H,17H2,1-2H3,(H,30,36)/t25-,26+/m0/s1. The first-order valence-corrected chi connectivity index (χ1v) is 11.9. The van der Waals surface area contributed by atoms with Gasteiger partial charge in [-0.1, -0.05) is 30.3 Å². The van der Waals surface area contributed by atoms with Crippen LogP contribution >= 0.6 is 12.2 Å². The zero-order valence-corrected chi connectivity index (χ0v) is 20.7. The third-order valence-electron chi connectivity index (χ3n) is 6.22. The number of nitrogens with zero attached hydrogens (tertiary/aromatic N) is 2. The number of thiocarbonyl (C=S) groups is 1. The van der Waals surface area contributed by atoms with Gasteiger partial charge in [0.2, 0.25) is 0 Å². The summed E-state index contributed by atoms with van der Waals surface area (Å²) in [5, 5.41) is 4.08. The Hall–Kier alpha value is -4.17. The van der Waals surface area contributed by atoms with Crippen molar-refractivity contribution < 1.29 is 18.7 Å². The second-order valence-electron chi connectivity index (χ2n) is 8.37. The van der Waals surface area contributed by atoms with Crippen molar-refractivity contribution in [3.05, 3.63) is 108 Å². The van der Waals surface area contributed by atoms with E-state index in [2.05, 4.69) is 15.2 Å². The van der Waals surface area contributed by atoms with Crippen LogP contribution in [0.4, 0.5) is 0 Å². The summed E-state index contributed by atoms with van der Waals surface area (Å²) in [5.74, 6) is 1.89. The van der Waals surface area contributed by atoms with Gasteiger partial charge in [-0.3, -0.25) is 4.98 Å². The highest BCUT2D eigenvalue weighted by molar-refractivity contribution is 7.80. The molecule has 0 unspecified atom stereocenters.